The molecule has 0 fully saturated rings. The summed E-state index contributed by atoms with van der Waals surface area (Å²) in [7, 11) is -1.12. The van der Waals surface area contributed by atoms with E-state index >= 15 is 0 Å². The molecule has 2 aromatic heterocycles. The summed E-state index contributed by atoms with van der Waals surface area (Å²) in [5, 5.41) is 8.32. The van der Waals surface area contributed by atoms with Gasteiger partial charge in [-0.3, -0.25) is 14.8 Å². The van der Waals surface area contributed by atoms with Gasteiger partial charge in [-0.15, -0.1) is 0 Å². The topological polar surface area (TPSA) is 97.5 Å². The van der Waals surface area contributed by atoms with Crippen LogP contribution in [0.25, 0.3) is 10.9 Å². The predicted molar refractivity (Wildman–Crippen MR) is 130 cm³/mol. The Morgan fingerprint density at radius 1 is 1.12 bits per heavy atom. The molecule has 8 heteroatoms. The molecule has 0 radical (unpaired) electrons. The smallest absolute Gasteiger partial charge is 0.219 e. The molecule has 32 heavy (non-hydrogen) atoms. The van der Waals surface area contributed by atoms with E-state index in [2.05, 4.69) is 34.6 Å². The van der Waals surface area contributed by atoms with Crippen LogP contribution < -0.4 is 4.74 Å². The molecule has 166 valence electrons. The summed E-state index contributed by atoms with van der Waals surface area (Å²) in [4.78, 5) is 24.1. The molecule has 3 aromatic rings. The number of aromatic nitrogens is 2. The predicted octanol–water partition coefficient (Wildman–Crippen LogP) is 5.38. The zero-order chi connectivity index (χ0) is 23.0. The third-order valence-electron chi connectivity index (χ3n) is 4.74. The molecule has 0 unspecified atom stereocenters. The molecule has 7 nitrogen and oxygen atoms in total. The van der Waals surface area contributed by atoms with Gasteiger partial charge in [0.15, 0.2) is 6.29 Å². The van der Waals surface area contributed by atoms with E-state index in [1.54, 1.807) is 24.4 Å². The molecule has 0 saturated heterocycles. The van der Waals surface area contributed by atoms with E-state index in [1.807, 2.05) is 18.2 Å². The number of carbonyl (C=O) groups is 1. The Morgan fingerprint density at radius 3 is 2.66 bits per heavy atom. The third kappa shape index (κ3) is 6.90. The van der Waals surface area contributed by atoms with Gasteiger partial charge in [0.1, 0.15) is 12.5 Å². The minimum absolute atomic E-state index is 0.280. The second-order valence-corrected chi connectivity index (χ2v) is 14.2. The number of benzene rings is 1. The average Bonchev–Trinajstić information content (AvgIpc) is 2.77. The van der Waals surface area contributed by atoms with Crippen LogP contribution in [0, 0.1) is 5.41 Å². The summed E-state index contributed by atoms with van der Waals surface area (Å²) < 4.78 is 11.5. The Morgan fingerprint density at radius 2 is 1.97 bits per heavy atom. The number of nitrogens with zero attached hydrogens (tertiary/aromatic N) is 3. The van der Waals surface area contributed by atoms with Gasteiger partial charge in [-0.1, -0.05) is 19.6 Å². The van der Waals surface area contributed by atoms with E-state index in [0.29, 0.717) is 30.2 Å². The van der Waals surface area contributed by atoms with Crippen LogP contribution in [0.3, 0.4) is 0 Å². The maximum absolute atomic E-state index is 10.9. The normalized spacial score (nSPS) is 12.0. The highest BCUT2D eigenvalue weighted by Crippen LogP contribution is 2.24. The highest BCUT2D eigenvalue weighted by atomic mass is 28.3. The van der Waals surface area contributed by atoms with Crippen LogP contribution in [0.5, 0.6) is 11.6 Å². The summed E-state index contributed by atoms with van der Waals surface area (Å²) >= 11 is 0. The molecule has 0 saturated carbocycles. The van der Waals surface area contributed by atoms with E-state index in [4.69, 9.17) is 14.9 Å². The lowest BCUT2D eigenvalue weighted by Crippen LogP contribution is -2.21. The Hall–Kier alpha value is -3.23. The van der Waals surface area contributed by atoms with Gasteiger partial charge < -0.3 is 14.9 Å². The second-order valence-electron chi connectivity index (χ2n) is 8.59. The molecule has 3 rings (SSSR count). The summed E-state index contributed by atoms with van der Waals surface area (Å²) in [5.74, 6) is 1.05. The minimum atomic E-state index is -1.12. The lowest BCUT2D eigenvalue weighted by atomic mass is 10.1. The lowest BCUT2D eigenvalue weighted by molar-refractivity contribution is 0.112. The van der Waals surface area contributed by atoms with E-state index < -0.39 is 8.07 Å². The fourth-order valence-corrected chi connectivity index (χ4v) is 3.67. The van der Waals surface area contributed by atoms with Crippen LogP contribution >= 0.6 is 0 Å². The van der Waals surface area contributed by atoms with E-state index in [9.17, 15) is 4.79 Å². The molecule has 0 atom stereocenters. The number of fused-ring (bicyclic) bond motifs is 1. The first-order chi connectivity index (χ1) is 15.4. The number of carbonyl (C=O) groups excluding carboxylic acids is 1. The summed E-state index contributed by atoms with van der Waals surface area (Å²) in [6, 6.07) is 12.0. The van der Waals surface area contributed by atoms with Gasteiger partial charge in [-0.2, -0.15) is 0 Å². The number of ether oxygens (including phenoxy) is 2. The highest BCUT2D eigenvalue weighted by Gasteiger charge is 2.12. The van der Waals surface area contributed by atoms with Crippen LogP contribution in [-0.2, 0) is 4.74 Å². The maximum atomic E-state index is 10.9. The van der Waals surface area contributed by atoms with Gasteiger partial charge >= 0.3 is 0 Å². The van der Waals surface area contributed by atoms with Gasteiger partial charge in [0.2, 0.25) is 5.88 Å². The van der Waals surface area contributed by atoms with E-state index in [-0.39, 0.29) is 6.73 Å². The first-order valence-corrected chi connectivity index (χ1v) is 14.2. The first-order valence-electron chi connectivity index (χ1n) is 10.5. The number of aldehydes is 1. The van der Waals surface area contributed by atoms with Crippen molar-refractivity contribution in [3.05, 3.63) is 59.9 Å². The van der Waals surface area contributed by atoms with Gasteiger partial charge in [0, 0.05) is 68.4 Å². The zero-order valence-electron chi connectivity index (χ0n) is 18.7. The number of nitrogens with one attached hydrogen (secondary N) is 1. The van der Waals surface area contributed by atoms with Crippen LogP contribution in [-0.4, -0.2) is 49.6 Å². The number of pyridine rings is 2. The Bertz CT molecular complexity index is 1110. The van der Waals surface area contributed by atoms with Gasteiger partial charge in [-0.05, 0) is 30.3 Å². The van der Waals surface area contributed by atoms with Crippen molar-refractivity contribution in [2.75, 3.05) is 13.3 Å². The Kier molecular flexibility index (Phi) is 7.96. The molecular formula is C24H28N4O3Si. The highest BCUT2D eigenvalue weighted by molar-refractivity contribution is 6.76. The third-order valence-corrected chi connectivity index (χ3v) is 6.45. The van der Waals surface area contributed by atoms with Crippen molar-refractivity contribution >= 4 is 37.2 Å². The number of hydrogen-bond donors (Lipinski definition) is 1. The van der Waals surface area contributed by atoms with Gasteiger partial charge in [-0.25, -0.2) is 4.98 Å². The van der Waals surface area contributed by atoms with Crippen molar-refractivity contribution in [1.29, 1.82) is 5.41 Å². The molecule has 1 N–H and O–H groups in total. The lowest BCUT2D eigenvalue weighted by Gasteiger charge is -2.14. The van der Waals surface area contributed by atoms with E-state index in [1.165, 1.54) is 12.4 Å². The molecule has 0 amide bonds. The molecule has 0 bridgehead atoms. The van der Waals surface area contributed by atoms with Crippen molar-refractivity contribution in [2.45, 2.75) is 32.1 Å². The fourth-order valence-electron chi connectivity index (χ4n) is 2.92. The molecule has 0 spiro atoms. The summed E-state index contributed by atoms with van der Waals surface area (Å²) in [5.41, 5.74) is 2.86. The molecule has 1 aromatic carbocycles. The fraction of sp³-hybridized carbons (Fsp3) is 0.292. The van der Waals surface area contributed by atoms with Crippen molar-refractivity contribution in [1.82, 2.24) is 9.97 Å². The molecule has 2 heterocycles. The van der Waals surface area contributed by atoms with Gasteiger partial charge in [0.25, 0.3) is 0 Å². The quantitative estimate of drug-likeness (QED) is 0.184. The van der Waals surface area contributed by atoms with Crippen molar-refractivity contribution in [3.8, 4) is 11.6 Å². The number of hydrogen-bond acceptors (Lipinski definition) is 7. The Labute approximate surface area is 189 Å². The van der Waals surface area contributed by atoms with Crippen LogP contribution in [0.4, 0.5) is 0 Å². The van der Waals surface area contributed by atoms with E-state index in [0.717, 1.165) is 34.5 Å². The van der Waals surface area contributed by atoms with Crippen LogP contribution in [0.15, 0.2) is 53.8 Å². The Balaban J connectivity index is 1.65. The maximum Gasteiger partial charge on any atom is 0.219 e. The van der Waals surface area contributed by atoms with Crippen molar-refractivity contribution in [2.24, 2.45) is 4.99 Å². The standard InChI is InChI=1S/C24H28N4O3Si/c1-32(2,3)11-10-30-17-28-22(8-9-25)20-5-7-24(27-15-20)31-21-6-4-19-12-18(16-29)14-26-23(19)13-21/h4-7,9,12-16,25H,8,10-11,17H2,1-3H3. The number of aliphatic imine (C=N–C) groups is 1. The first kappa shape index (κ1) is 23.4. The average molecular weight is 449 g/mol. The minimum Gasteiger partial charge on any atom is -0.439 e. The van der Waals surface area contributed by atoms with Crippen molar-refractivity contribution < 1.29 is 14.3 Å². The molecule has 0 aliphatic rings. The zero-order valence-corrected chi connectivity index (χ0v) is 19.7. The molecule has 0 aliphatic carbocycles. The molecular weight excluding hydrogens is 420 g/mol. The summed E-state index contributed by atoms with van der Waals surface area (Å²) in [6.07, 6.45) is 5.74. The van der Waals surface area contributed by atoms with Crippen LogP contribution in [0.2, 0.25) is 25.7 Å². The second kappa shape index (κ2) is 10.9. The monoisotopic (exact) mass is 448 g/mol. The largest absolute Gasteiger partial charge is 0.439 e. The SMILES string of the molecule is C[Si](C)(C)CCOCN=C(CC=N)c1ccc(Oc2ccc3cc(C=O)cnc3c2)nc1. The van der Waals surface area contributed by atoms with Gasteiger partial charge in [0.05, 0.1) is 11.2 Å². The number of rotatable bonds is 11. The summed E-state index contributed by atoms with van der Waals surface area (Å²) in [6.45, 7) is 7.93. The van der Waals surface area contributed by atoms with Crippen molar-refractivity contribution in [3.63, 3.8) is 0 Å². The van der Waals surface area contributed by atoms with Crippen LogP contribution in [0.1, 0.15) is 22.3 Å². The molecule has 0 aliphatic heterocycles.